The lowest BCUT2D eigenvalue weighted by Crippen LogP contribution is -2.19. The van der Waals surface area contributed by atoms with Crippen LogP contribution in [0.2, 0.25) is 0 Å². The zero-order valence-electron chi connectivity index (χ0n) is 11.5. The Morgan fingerprint density at radius 3 is 3.05 bits per heavy atom. The zero-order valence-corrected chi connectivity index (χ0v) is 12.2. The first kappa shape index (κ1) is 13.8. The van der Waals surface area contributed by atoms with Crippen molar-refractivity contribution < 1.29 is 9.13 Å². The van der Waals surface area contributed by atoms with Crippen molar-refractivity contribution in [3.63, 3.8) is 0 Å². The molecule has 1 aliphatic heterocycles. The van der Waals surface area contributed by atoms with Gasteiger partial charge in [0.2, 0.25) is 0 Å². The molecule has 1 aliphatic rings. The fourth-order valence-corrected chi connectivity index (χ4v) is 3.06. The Kier molecular flexibility index (Phi) is 3.94. The maximum Gasteiger partial charge on any atom is 0.151 e. The third kappa shape index (κ3) is 2.42. The number of benzene rings is 1. The Morgan fingerprint density at radius 1 is 1.50 bits per heavy atom. The molecule has 0 aliphatic carbocycles. The fourth-order valence-electron chi connectivity index (χ4n) is 2.89. The standard InChI is InChI=1S/C15H18ClFN2O/c1-10-11(6-8-20-10)9-19-13-4-2-3-12(17)15(13)18-14(19)5-7-16/h2-4,10-11H,5-9H2,1H3. The number of hydrogen-bond acceptors (Lipinski definition) is 2. The third-order valence-electron chi connectivity index (χ3n) is 4.08. The van der Waals surface area contributed by atoms with Gasteiger partial charge in [-0.15, -0.1) is 11.6 Å². The van der Waals surface area contributed by atoms with Crippen LogP contribution in [0.4, 0.5) is 4.39 Å². The Labute approximate surface area is 122 Å². The Morgan fingerprint density at radius 2 is 2.35 bits per heavy atom. The fraction of sp³-hybridized carbons (Fsp3) is 0.533. The Bertz CT molecular complexity index is 613. The summed E-state index contributed by atoms with van der Waals surface area (Å²) in [5, 5.41) is 0. The van der Waals surface area contributed by atoms with Crippen LogP contribution in [-0.2, 0) is 17.7 Å². The summed E-state index contributed by atoms with van der Waals surface area (Å²) >= 11 is 5.85. The number of ether oxygens (including phenoxy) is 1. The van der Waals surface area contributed by atoms with Gasteiger partial charge in [-0.2, -0.15) is 0 Å². The monoisotopic (exact) mass is 296 g/mol. The predicted octanol–water partition coefficient (Wildman–Crippen LogP) is 3.38. The second-order valence-electron chi connectivity index (χ2n) is 5.31. The number of imidazole rings is 1. The highest BCUT2D eigenvalue weighted by molar-refractivity contribution is 6.17. The maximum absolute atomic E-state index is 13.9. The predicted molar refractivity (Wildman–Crippen MR) is 77.6 cm³/mol. The molecule has 1 saturated heterocycles. The summed E-state index contributed by atoms with van der Waals surface area (Å²) in [7, 11) is 0. The van der Waals surface area contributed by atoms with Crippen molar-refractivity contribution in [2.75, 3.05) is 12.5 Å². The molecule has 2 heterocycles. The molecule has 0 spiro atoms. The molecule has 3 nitrogen and oxygen atoms in total. The lowest BCUT2D eigenvalue weighted by atomic mass is 10.0. The van der Waals surface area contributed by atoms with Crippen LogP contribution in [-0.4, -0.2) is 28.1 Å². The highest BCUT2D eigenvalue weighted by Gasteiger charge is 2.26. The van der Waals surface area contributed by atoms with Crippen LogP contribution in [0.1, 0.15) is 19.2 Å². The highest BCUT2D eigenvalue weighted by Crippen LogP contribution is 2.26. The van der Waals surface area contributed by atoms with Crippen LogP contribution in [0.15, 0.2) is 18.2 Å². The van der Waals surface area contributed by atoms with Crippen LogP contribution < -0.4 is 0 Å². The molecule has 1 aromatic carbocycles. The topological polar surface area (TPSA) is 27.1 Å². The van der Waals surface area contributed by atoms with Gasteiger partial charge in [-0.05, 0) is 25.5 Å². The largest absolute Gasteiger partial charge is 0.378 e. The molecular formula is C15H18ClFN2O. The van der Waals surface area contributed by atoms with Gasteiger partial charge in [0.1, 0.15) is 11.3 Å². The van der Waals surface area contributed by atoms with Gasteiger partial charge in [-0.25, -0.2) is 9.37 Å². The van der Waals surface area contributed by atoms with Crippen molar-refractivity contribution in [2.24, 2.45) is 5.92 Å². The van der Waals surface area contributed by atoms with Gasteiger partial charge in [0.25, 0.3) is 0 Å². The van der Waals surface area contributed by atoms with Crippen LogP contribution in [0.25, 0.3) is 11.0 Å². The molecule has 1 fully saturated rings. The molecule has 0 amide bonds. The maximum atomic E-state index is 13.9. The first-order valence-electron chi connectivity index (χ1n) is 7.02. The molecule has 0 N–H and O–H groups in total. The highest BCUT2D eigenvalue weighted by atomic mass is 35.5. The summed E-state index contributed by atoms with van der Waals surface area (Å²) in [4.78, 5) is 4.43. The number of fused-ring (bicyclic) bond motifs is 1. The average molecular weight is 297 g/mol. The second kappa shape index (κ2) is 5.70. The van der Waals surface area contributed by atoms with E-state index in [2.05, 4.69) is 16.5 Å². The molecule has 1 aromatic heterocycles. The summed E-state index contributed by atoms with van der Waals surface area (Å²) in [5.74, 6) is 1.53. The van der Waals surface area contributed by atoms with Crippen LogP contribution in [0.3, 0.4) is 0 Å². The number of rotatable bonds is 4. The number of hydrogen-bond donors (Lipinski definition) is 0. The lowest BCUT2D eigenvalue weighted by Gasteiger charge is -2.17. The van der Waals surface area contributed by atoms with Gasteiger partial charge in [0, 0.05) is 31.4 Å². The van der Waals surface area contributed by atoms with Gasteiger partial charge in [-0.3, -0.25) is 0 Å². The van der Waals surface area contributed by atoms with Crippen LogP contribution in [0, 0.1) is 11.7 Å². The van der Waals surface area contributed by atoms with E-state index in [1.54, 1.807) is 6.07 Å². The molecule has 2 aromatic rings. The van der Waals surface area contributed by atoms with Crippen molar-refractivity contribution in [3.05, 3.63) is 29.8 Å². The van der Waals surface area contributed by atoms with E-state index >= 15 is 0 Å². The third-order valence-corrected chi connectivity index (χ3v) is 4.27. The van der Waals surface area contributed by atoms with Gasteiger partial charge in [0.15, 0.2) is 5.82 Å². The number of aromatic nitrogens is 2. The van der Waals surface area contributed by atoms with Crippen molar-refractivity contribution in [1.82, 2.24) is 9.55 Å². The number of aryl methyl sites for hydroxylation is 1. The van der Waals surface area contributed by atoms with Gasteiger partial charge < -0.3 is 9.30 Å². The van der Waals surface area contributed by atoms with E-state index in [-0.39, 0.29) is 11.9 Å². The van der Waals surface area contributed by atoms with Crippen molar-refractivity contribution in [1.29, 1.82) is 0 Å². The van der Waals surface area contributed by atoms with Crippen molar-refractivity contribution in [2.45, 2.75) is 32.4 Å². The van der Waals surface area contributed by atoms with E-state index in [9.17, 15) is 4.39 Å². The average Bonchev–Trinajstić information content (AvgIpc) is 2.98. The molecule has 0 saturated carbocycles. The number of para-hydroxylation sites is 1. The molecule has 5 heteroatoms. The SMILES string of the molecule is CC1OCCC1Cn1c(CCCl)nc2c(F)cccc21. The quantitative estimate of drug-likeness (QED) is 0.809. The molecule has 0 radical (unpaired) electrons. The number of alkyl halides is 1. The van der Waals surface area contributed by atoms with E-state index in [0.29, 0.717) is 23.7 Å². The summed E-state index contributed by atoms with van der Waals surface area (Å²) in [6.07, 6.45) is 1.93. The van der Waals surface area contributed by atoms with E-state index in [0.717, 1.165) is 30.9 Å². The van der Waals surface area contributed by atoms with Crippen molar-refractivity contribution >= 4 is 22.6 Å². The van der Waals surface area contributed by atoms with Gasteiger partial charge in [-0.1, -0.05) is 6.07 Å². The molecular weight excluding hydrogens is 279 g/mol. The summed E-state index contributed by atoms with van der Waals surface area (Å²) in [5.41, 5.74) is 1.29. The minimum atomic E-state index is -0.271. The van der Waals surface area contributed by atoms with Crippen LogP contribution in [0.5, 0.6) is 0 Å². The smallest absolute Gasteiger partial charge is 0.151 e. The van der Waals surface area contributed by atoms with E-state index in [1.165, 1.54) is 6.07 Å². The first-order valence-corrected chi connectivity index (χ1v) is 7.55. The van der Waals surface area contributed by atoms with Gasteiger partial charge >= 0.3 is 0 Å². The Balaban J connectivity index is 2.02. The second-order valence-corrected chi connectivity index (χ2v) is 5.69. The molecule has 20 heavy (non-hydrogen) atoms. The normalized spacial score (nSPS) is 22.8. The zero-order chi connectivity index (χ0) is 14.1. The summed E-state index contributed by atoms with van der Waals surface area (Å²) < 4.78 is 21.6. The lowest BCUT2D eigenvalue weighted by molar-refractivity contribution is 0.102. The van der Waals surface area contributed by atoms with E-state index in [4.69, 9.17) is 16.3 Å². The van der Waals surface area contributed by atoms with E-state index in [1.807, 2.05) is 6.07 Å². The minimum absolute atomic E-state index is 0.241. The van der Waals surface area contributed by atoms with Crippen LogP contribution >= 0.6 is 11.6 Å². The summed E-state index contributed by atoms with van der Waals surface area (Å²) in [6, 6.07) is 5.10. The minimum Gasteiger partial charge on any atom is -0.378 e. The molecule has 2 unspecified atom stereocenters. The molecule has 2 atom stereocenters. The number of nitrogens with zero attached hydrogens (tertiary/aromatic N) is 2. The summed E-state index contributed by atoms with van der Waals surface area (Å²) in [6.45, 7) is 3.71. The molecule has 3 rings (SSSR count). The molecule has 0 bridgehead atoms. The van der Waals surface area contributed by atoms with Gasteiger partial charge in [0.05, 0.1) is 11.6 Å². The molecule has 108 valence electrons. The first-order chi connectivity index (χ1) is 9.70. The number of halogens is 2. The van der Waals surface area contributed by atoms with Crippen molar-refractivity contribution in [3.8, 4) is 0 Å². The Hall–Kier alpha value is -1.13. The van der Waals surface area contributed by atoms with E-state index < -0.39 is 0 Å².